The largest absolute Gasteiger partial charge is 0.481 e. The molecule has 0 amide bonds. The summed E-state index contributed by atoms with van der Waals surface area (Å²) in [6.45, 7) is 2.72. The zero-order valence-electron chi connectivity index (χ0n) is 15.9. The van der Waals surface area contributed by atoms with Crippen molar-refractivity contribution in [2.75, 3.05) is 11.3 Å². The van der Waals surface area contributed by atoms with Crippen molar-refractivity contribution in [1.29, 1.82) is 0 Å². The molecule has 1 heterocycles. The molecule has 0 fully saturated rings. The van der Waals surface area contributed by atoms with Crippen molar-refractivity contribution in [3.63, 3.8) is 0 Å². The molecular weight excluding hydrogens is 398 g/mol. The van der Waals surface area contributed by atoms with E-state index in [9.17, 15) is 13.2 Å². The van der Waals surface area contributed by atoms with Gasteiger partial charge in [0.05, 0.1) is 4.90 Å². The number of nitrogens with zero attached hydrogens (tertiary/aromatic N) is 4. The van der Waals surface area contributed by atoms with Crippen molar-refractivity contribution >= 4 is 21.7 Å². The molecule has 0 aliphatic rings. The topological polar surface area (TPSA) is 136 Å². The molecule has 29 heavy (non-hydrogen) atoms. The second-order valence-electron chi connectivity index (χ2n) is 6.33. The first-order chi connectivity index (χ1) is 13.7. The fraction of sp³-hybridized carbons (Fsp3) is 0.222. The number of benzene rings is 2. The number of carboxylic acids is 1. The fourth-order valence-corrected chi connectivity index (χ4v) is 4.15. The minimum atomic E-state index is -3.95. The highest BCUT2D eigenvalue weighted by Gasteiger charge is 2.21. The summed E-state index contributed by atoms with van der Waals surface area (Å²) in [4.78, 5) is 10.8. The molecule has 0 atom stereocenters. The summed E-state index contributed by atoms with van der Waals surface area (Å²) in [5.74, 6) is -0.429. The van der Waals surface area contributed by atoms with E-state index in [-0.39, 0.29) is 10.6 Å². The molecule has 0 aliphatic heterocycles. The van der Waals surface area contributed by atoms with Gasteiger partial charge in [-0.2, -0.15) is 0 Å². The Bertz CT molecular complexity index is 1170. The van der Waals surface area contributed by atoms with Crippen LogP contribution in [-0.2, 0) is 21.9 Å². The van der Waals surface area contributed by atoms with Crippen LogP contribution >= 0.6 is 0 Å². The van der Waals surface area contributed by atoms with Crippen molar-refractivity contribution < 1.29 is 23.1 Å². The van der Waals surface area contributed by atoms with Gasteiger partial charge in [0.25, 0.3) is 10.0 Å². The van der Waals surface area contributed by atoms with Crippen LogP contribution in [0.5, 0.6) is 5.75 Å². The van der Waals surface area contributed by atoms with Gasteiger partial charge in [0, 0.05) is 23.9 Å². The standard InChI is InChI=1S/C18H19N5O5S/c1-11-7-8-15(12(2)17(11)28-10-16(24)25)29(26,27)20-14-6-4-5-13(9-14)18-19-21-22-23(18)3/h4-9,20H,10H2,1-3H3,(H,24,25). The Hall–Kier alpha value is -3.47. The fourth-order valence-electron chi connectivity index (χ4n) is 2.86. The monoisotopic (exact) mass is 417 g/mol. The summed E-state index contributed by atoms with van der Waals surface area (Å²) in [6.07, 6.45) is 0. The van der Waals surface area contributed by atoms with Crippen LogP contribution in [0.4, 0.5) is 5.69 Å². The zero-order valence-corrected chi connectivity index (χ0v) is 16.8. The molecule has 0 aliphatic carbocycles. The predicted octanol–water partition coefficient (Wildman–Crippen LogP) is 1.76. The van der Waals surface area contributed by atoms with Crippen LogP contribution in [0.3, 0.4) is 0 Å². The first-order valence-electron chi connectivity index (χ1n) is 8.49. The van der Waals surface area contributed by atoms with Crippen molar-refractivity contribution in [2.24, 2.45) is 7.05 Å². The summed E-state index contributed by atoms with van der Waals surface area (Å²) < 4.78 is 35.2. The molecule has 0 bridgehead atoms. The average molecular weight is 417 g/mol. The minimum absolute atomic E-state index is 0.00535. The number of hydrogen-bond acceptors (Lipinski definition) is 7. The number of aliphatic carboxylic acids is 1. The van der Waals surface area contributed by atoms with E-state index in [4.69, 9.17) is 9.84 Å². The maximum atomic E-state index is 13.0. The van der Waals surface area contributed by atoms with Gasteiger partial charge in [-0.25, -0.2) is 17.9 Å². The maximum absolute atomic E-state index is 13.0. The van der Waals surface area contributed by atoms with Crippen LogP contribution in [0.15, 0.2) is 41.3 Å². The van der Waals surface area contributed by atoms with Gasteiger partial charge in [-0.1, -0.05) is 18.2 Å². The third-order valence-corrected chi connectivity index (χ3v) is 5.70. The van der Waals surface area contributed by atoms with Gasteiger partial charge in [0.2, 0.25) is 0 Å². The molecule has 2 aromatic carbocycles. The maximum Gasteiger partial charge on any atom is 0.341 e. The zero-order chi connectivity index (χ0) is 21.2. The van der Waals surface area contributed by atoms with Gasteiger partial charge >= 0.3 is 5.97 Å². The van der Waals surface area contributed by atoms with Crippen molar-refractivity contribution in [1.82, 2.24) is 20.2 Å². The van der Waals surface area contributed by atoms with E-state index in [2.05, 4.69) is 20.2 Å². The minimum Gasteiger partial charge on any atom is -0.481 e. The van der Waals surface area contributed by atoms with E-state index in [1.807, 2.05) is 0 Å². The van der Waals surface area contributed by atoms with Crippen LogP contribution in [-0.4, -0.2) is 46.3 Å². The van der Waals surface area contributed by atoms with E-state index in [1.54, 1.807) is 51.2 Å². The summed E-state index contributed by atoms with van der Waals surface area (Å²) in [7, 11) is -2.27. The molecule has 1 aromatic heterocycles. The highest BCUT2D eigenvalue weighted by atomic mass is 32.2. The molecule has 11 heteroatoms. The third-order valence-electron chi connectivity index (χ3n) is 4.18. The second kappa shape index (κ2) is 7.87. The van der Waals surface area contributed by atoms with Crippen LogP contribution in [0.25, 0.3) is 11.4 Å². The highest BCUT2D eigenvalue weighted by Crippen LogP contribution is 2.30. The quantitative estimate of drug-likeness (QED) is 0.593. The van der Waals surface area contributed by atoms with Crippen LogP contribution in [0.1, 0.15) is 11.1 Å². The van der Waals surface area contributed by atoms with E-state index >= 15 is 0 Å². The van der Waals surface area contributed by atoms with Gasteiger partial charge in [-0.15, -0.1) is 5.10 Å². The van der Waals surface area contributed by atoms with Gasteiger partial charge < -0.3 is 9.84 Å². The van der Waals surface area contributed by atoms with Crippen LogP contribution in [0.2, 0.25) is 0 Å². The van der Waals surface area contributed by atoms with E-state index < -0.39 is 22.6 Å². The lowest BCUT2D eigenvalue weighted by Crippen LogP contribution is -2.16. The van der Waals surface area contributed by atoms with Crippen molar-refractivity contribution in [2.45, 2.75) is 18.7 Å². The second-order valence-corrected chi connectivity index (χ2v) is 7.98. The van der Waals surface area contributed by atoms with Gasteiger partial charge in [-0.3, -0.25) is 4.72 Å². The van der Waals surface area contributed by atoms with Gasteiger partial charge in [-0.05, 0) is 48.0 Å². The molecule has 10 nitrogen and oxygen atoms in total. The Morgan fingerprint density at radius 2 is 2.00 bits per heavy atom. The molecule has 3 aromatic rings. The number of aromatic nitrogens is 4. The Morgan fingerprint density at radius 1 is 1.24 bits per heavy atom. The first-order valence-corrected chi connectivity index (χ1v) is 9.98. The van der Waals surface area contributed by atoms with Crippen molar-refractivity contribution in [3.8, 4) is 17.1 Å². The molecule has 3 rings (SSSR count). The Morgan fingerprint density at radius 3 is 2.66 bits per heavy atom. The highest BCUT2D eigenvalue weighted by molar-refractivity contribution is 7.92. The number of rotatable bonds is 7. The first kappa shape index (κ1) is 20.3. The summed E-state index contributed by atoms with van der Waals surface area (Å²) in [5, 5.41) is 20.1. The number of hydrogen-bond donors (Lipinski definition) is 2. The van der Waals surface area contributed by atoms with E-state index in [0.717, 1.165) is 0 Å². The van der Waals surface area contributed by atoms with E-state index in [0.29, 0.717) is 28.2 Å². The number of carboxylic acid groups (broad SMARTS) is 1. The molecule has 0 radical (unpaired) electrons. The third kappa shape index (κ3) is 4.35. The molecule has 0 saturated carbocycles. The molecule has 0 spiro atoms. The van der Waals surface area contributed by atoms with E-state index in [1.165, 1.54) is 10.7 Å². The van der Waals surface area contributed by atoms with Crippen LogP contribution < -0.4 is 9.46 Å². The number of nitrogens with one attached hydrogen (secondary N) is 1. The number of anilines is 1. The van der Waals surface area contributed by atoms with Crippen LogP contribution in [0, 0.1) is 13.8 Å². The lowest BCUT2D eigenvalue weighted by atomic mass is 10.1. The summed E-state index contributed by atoms with van der Waals surface area (Å²) in [5.41, 5.74) is 1.94. The molecule has 0 unspecified atom stereocenters. The summed E-state index contributed by atoms with van der Waals surface area (Å²) >= 11 is 0. The SMILES string of the molecule is Cc1ccc(S(=O)(=O)Nc2cccc(-c3nnnn3C)c2)c(C)c1OCC(=O)O. The van der Waals surface area contributed by atoms with Crippen molar-refractivity contribution in [3.05, 3.63) is 47.5 Å². The predicted molar refractivity (Wildman–Crippen MR) is 104 cm³/mol. The molecule has 152 valence electrons. The summed E-state index contributed by atoms with van der Waals surface area (Å²) in [6, 6.07) is 9.70. The molecule has 2 N–H and O–H groups in total. The smallest absolute Gasteiger partial charge is 0.341 e. The lowest BCUT2D eigenvalue weighted by Gasteiger charge is -2.16. The molecular formula is C18H19N5O5S. The average Bonchev–Trinajstić information content (AvgIpc) is 3.07. The van der Waals surface area contributed by atoms with Gasteiger partial charge in [0.1, 0.15) is 5.75 Å². The number of aryl methyl sites for hydroxylation is 2. The van der Waals surface area contributed by atoms with Gasteiger partial charge in [0.15, 0.2) is 12.4 Å². The number of sulfonamides is 1. The molecule has 0 saturated heterocycles. The number of carbonyl (C=O) groups is 1. The Kier molecular flexibility index (Phi) is 5.50. The number of ether oxygens (including phenoxy) is 1. The lowest BCUT2D eigenvalue weighted by molar-refractivity contribution is -0.139. The number of tetrazole rings is 1. The normalized spacial score (nSPS) is 11.3. The Balaban J connectivity index is 1.93. The Labute approximate surface area is 167 Å².